The Bertz CT molecular complexity index is 513. The third-order valence-electron chi connectivity index (χ3n) is 3.38. The van der Waals surface area contributed by atoms with Crippen molar-refractivity contribution < 1.29 is 8.42 Å². The van der Waals surface area contributed by atoms with Crippen LogP contribution in [-0.4, -0.2) is 22.0 Å². The molecule has 0 atom stereocenters. The van der Waals surface area contributed by atoms with Crippen molar-refractivity contribution in [3.05, 3.63) is 23.8 Å². The molecule has 0 aromatic heterocycles. The highest BCUT2D eigenvalue weighted by Gasteiger charge is 2.12. The van der Waals surface area contributed by atoms with Gasteiger partial charge in [0.1, 0.15) is 0 Å². The van der Waals surface area contributed by atoms with Crippen LogP contribution >= 0.6 is 0 Å². The molecular formula is C15H26N2O2S. The second kappa shape index (κ2) is 8.27. The lowest BCUT2D eigenvalue weighted by Gasteiger charge is -2.11. The molecule has 0 aliphatic heterocycles. The van der Waals surface area contributed by atoms with E-state index >= 15 is 0 Å². The smallest absolute Gasteiger partial charge is 0.240 e. The minimum atomic E-state index is -3.37. The first-order valence-electron chi connectivity index (χ1n) is 7.29. The van der Waals surface area contributed by atoms with Gasteiger partial charge in [-0.15, -0.1) is 0 Å². The van der Waals surface area contributed by atoms with Gasteiger partial charge < -0.3 is 5.32 Å². The maximum atomic E-state index is 11.8. The molecule has 0 aliphatic rings. The summed E-state index contributed by atoms with van der Waals surface area (Å²) >= 11 is 0. The molecule has 1 rings (SSSR count). The van der Waals surface area contributed by atoms with Crippen LogP contribution in [-0.2, 0) is 10.0 Å². The van der Waals surface area contributed by atoms with Gasteiger partial charge in [-0.25, -0.2) is 13.1 Å². The van der Waals surface area contributed by atoms with E-state index in [0.29, 0.717) is 4.90 Å². The zero-order valence-corrected chi connectivity index (χ0v) is 13.5. The van der Waals surface area contributed by atoms with E-state index in [1.807, 2.05) is 13.0 Å². The van der Waals surface area contributed by atoms with Crippen LogP contribution in [0.2, 0.25) is 0 Å². The predicted octanol–water partition coefficient (Wildman–Crippen LogP) is 3.29. The second-order valence-electron chi connectivity index (χ2n) is 5.03. The predicted molar refractivity (Wildman–Crippen MR) is 84.7 cm³/mol. The van der Waals surface area contributed by atoms with Crippen molar-refractivity contribution in [1.82, 2.24) is 4.72 Å². The summed E-state index contributed by atoms with van der Waals surface area (Å²) in [5.74, 6) is 0. The third kappa shape index (κ3) is 5.13. The molecule has 0 saturated carbocycles. The average Bonchev–Trinajstić information content (AvgIpc) is 2.44. The molecule has 4 nitrogen and oxygen atoms in total. The summed E-state index contributed by atoms with van der Waals surface area (Å²) in [5.41, 5.74) is 1.96. The van der Waals surface area contributed by atoms with Crippen LogP contribution in [0.1, 0.15) is 44.6 Å². The molecule has 0 bridgehead atoms. The molecule has 0 spiro atoms. The molecule has 0 fully saturated rings. The first-order valence-corrected chi connectivity index (χ1v) is 8.77. The van der Waals surface area contributed by atoms with Crippen LogP contribution in [0.3, 0.4) is 0 Å². The number of aryl methyl sites for hydroxylation is 1. The first kappa shape index (κ1) is 17.0. The molecule has 1 aromatic carbocycles. The minimum absolute atomic E-state index is 0.305. The van der Waals surface area contributed by atoms with Gasteiger partial charge in [0.2, 0.25) is 10.0 Å². The molecule has 0 radical (unpaired) electrons. The molecule has 114 valence electrons. The number of unbranched alkanes of at least 4 members (excludes halogenated alkanes) is 4. The summed E-state index contributed by atoms with van der Waals surface area (Å²) in [5, 5.41) is 3.33. The summed E-state index contributed by atoms with van der Waals surface area (Å²) in [7, 11) is -1.94. The van der Waals surface area contributed by atoms with Crippen LogP contribution < -0.4 is 10.0 Å². The third-order valence-corrected chi connectivity index (χ3v) is 4.80. The molecule has 2 N–H and O–H groups in total. The molecular weight excluding hydrogens is 272 g/mol. The van der Waals surface area contributed by atoms with Crippen molar-refractivity contribution in [2.24, 2.45) is 0 Å². The average molecular weight is 298 g/mol. The summed E-state index contributed by atoms with van der Waals surface area (Å²) in [6.45, 7) is 5.07. The van der Waals surface area contributed by atoms with E-state index in [2.05, 4.69) is 17.0 Å². The lowest BCUT2D eigenvalue weighted by Crippen LogP contribution is -2.18. The monoisotopic (exact) mass is 298 g/mol. The lowest BCUT2D eigenvalue weighted by molar-refractivity contribution is 0.588. The first-order chi connectivity index (χ1) is 9.51. The Kier molecular flexibility index (Phi) is 7.02. The zero-order chi connectivity index (χ0) is 15.0. The van der Waals surface area contributed by atoms with Gasteiger partial charge in [-0.1, -0.05) is 38.7 Å². The molecule has 0 saturated heterocycles. The van der Waals surface area contributed by atoms with Gasteiger partial charge >= 0.3 is 0 Å². The van der Waals surface area contributed by atoms with E-state index in [1.165, 1.54) is 32.7 Å². The Morgan fingerprint density at radius 3 is 2.45 bits per heavy atom. The fraction of sp³-hybridized carbons (Fsp3) is 0.600. The summed E-state index contributed by atoms with van der Waals surface area (Å²) in [6.07, 6.45) is 6.13. The zero-order valence-electron chi connectivity index (χ0n) is 12.7. The number of nitrogens with one attached hydrogen (secondary N) is 2. The van der Waals surface area contributed by atoms with Gasteiger partial charge in [0.05, 0.1) is 4.90 Å². The van der Waals surface area contributed by atoms with Crippen LogP contribution in [0.5, 0.6) is 0 Å². The van der Waals surface area contributed by atoms with Crippen LogP contribution in [0.25, 0.3) is 0 Å². The maximum Gasteiger partial charge on any atom is 0.240 e. The number of sulfonamides is 1. The van der Waals surface area contributed by atoms with E-state index in [1.54, 1.807) is 12.1 Å². The maximum absolute atomic E-state index is 11.8. The van der Waals surface area contributed by atoms with Crippen molar-refractivity contribution in [3.63, 3.8) is 0 Å². The Morgan fingerprint density at radius 2 is 1.80 bits per heavy atom. The van der Waals surface area contributed by atoms with Crippen molar-refractivity contribution in [2.75, 3.05) is 18.9 Å². The molecule has 5 heteroatoms. The topological polar surface area (TPSA) is 58.2 Å². The quantitative estimate of drug-likeness (QED) is 0.688. The summed E-state index contributed by atoms with van der Waals surface area (Å²) < 4.78 is 25.9. The van der Waals surface area contributed by atoms with E-state index < -0.39 is 10.0 Å². The standard InChI is InChI=1S/C15H26N2O2S/c1-4-5-6-7-8-11-17-15-12-14(10-9-13(15)2)20(18,19)16-3/h9-10,12,16-17H,4-8,11H2,1-3H3. The minimum Gasteiger partial charge on any atom is -0.385 e. The number of hydrogen-bond donors (Lipinski definition) is 2. The second-order valence-corrected chi connectivity index (χ2v) is 6.91. The number of rotatable bonds is 9. The normalized spacial score (nSPS) is 11.6. The molecule has 0 unspecified atom stereocenters. The van der Waals surface area contributed by atoms with Gasteiger partial charge in [-0.2, -0.15) is 0 Å². The SMILES string of the molecule is CCCCCCCNc1cc(S(=O)(=O)NC)ccc1C. The highest BCUT2D eigenvalue weighted by molar-refractivity contribution is 7.89. The Labute approximate surface area is 123 Å². The van der Waals surface area contributed by atoms with E-state index in [0.717, 1.165) is 24.2 Å². The highest BCUT2D eigenvalue weighted by Crippen LogP contribution is 2.20. The Morgan fingerprint density at radius 1 is 1.10 bits per heavy atom. The van der Waals surface area contributed by atoms with E-state index in [4.69, 9.17) is 0 Å². The van der Waals surface area contributed by atoms with Crippen LogP contribution in [0.15, 0.2) is 23.1 Å². The summed E-state index contributed by atoms with van der Waals surface area (Å²) in [6, 6.07) is 5.17. The molecule has 0 aliphatic carbocycles. The van der Waals surface area contributed by atoms with Gasteiger partial charge in [0, 0.05) is 12.2 Å². The Balaban J connectivity index is 2.59. The molecule has 20 heavy (non-hydrogen) atoms. The molecule has 0 amide bonds. The fourth-order valence-corrected chi connectivity index (χ4v) is 2.78. The van der Waals surface area contributed by atoms with E-state index in [9.17, 15) is 8.42 Å². The van der Waals surface area contributed by atoms with Gasteiger partial charge in [-0.05, 0) is 38.1 Å². The van der Waals surface area contributed by atoms with Crippen LogP contribution in [0.4, 0.5) is 5.69 Å². The van der Waals surface area contributed by atoms with Gasteiger partial charge in [0.25, 0.3) is 0 Å². The largest absolute Gasteiger partial charge is 0.385 e. The van der Waals surface area contributed by atoms with Gasteiger partial charge in [0.15, 0.2) is 0 Å². The van der Waals surface area contributed by atoms with Gasteiger partial charge in [-0.3, -0.25) is 0 Å². The Hall–Kier alpha value is -1.07. The highest BCUT2D eigenvalue weighted by atomic mass is 32.2. The number of hydrogen-bond acceptors (Lipinski definition) is 3. The number of anilines is 1. The fourth-order valence-electron chi connectivity index (χ4n) is 2.03. The lowest BCUT2D eigenvalue weighted by atomic mass is 10.1. The van der Waals surface area contributed by atoms with Crippen LogP contribution in [0, 0.1) is 6.92 Å². The van der Waals surface area contributed by atoms with Crippen molar-refractivity contribution in [2.45, 2.75) is 50.8 Å². The molecule has 1 aromatic rings. The summed E-state index contributed by atoms with van der Waals surface area (Å²) in [4.78, 5) is 0.305. The molecule has 0 heterocycles. The van der Waals surface area contributed by atoms with E-state index in [-0.39, 0.29) is 0 Å². The van der Waals surface area contributed by atoms with Crippen molar-refractivity contribution >= 4 is 15.7 Å². The number of benzene rings is 1. The van der Waals surface area contributed by atoms with Crippen molar-refractivity contribution in [3.8, 4) is 0 Å². The van der Waals surface area contributed by atoms with Crippen molar-refractivity contribution in [1.29, 1.82) is 0 Å².